The number of para-hydroxylation sites is 1. The lowest BCUT2D eigenvalue weighted by Crippen LogP contribution is -2.14. The highest BCUT2D eigenvalue weighted by Gasteiger charge is 2.23. The van der Waals surface area contributed by atoms with E-state index in [2.05, 4.69) is 5.32 Å². The van der Waals surface area contributed by atoms with Crippen molar-refractivity contribution in [1.82, 2.24) is 5.32 Å². The molecule has 0 bridgehead atoms. The molecule has 1 N–H and O–H groups in total. The third-order valence-corrected chi connectivity index (χ3v) is 2.57. The predicted molar refractivity (Wildman–Crippen MR) is 53.1 cm³/mol. The number of hydrogen-bond donors (Lipinski definition) is 1. The van der Waals surface area contributed by atoms with Gasteiger partial charge in [0.2, 0.25) is 0 Å². The Balaban J connectivity index is 2.35. The molecular formula is C10H12N2O2. The summed E-state index contributed by atoms with van der Waals surface area (Å²) in [6, 6.07) is 7.12. The second kappa shape index (κ2) is 3.75. The Morgan fingerprint density at radius 1 is 1.43 bits per heavy atom. The van der Waals surface area contributed by atoms with Crippen LogP contribution in [0.15, 0.2) is 24.3 Å². The van der Waals surface area contributed by atoms with Gasteiger partial charge >= 0.3 is 0 Å². The van der Waals surface area contributed by atoms with E-state index >= 15 is 0 Å². The molecule has 0 aromatic heterocycles. The van der Waals surface area contributed by atoms with Crippen LogP contribution in [-0.4, -0.2) is 11.5 Å². The van der Waals surface area contributed by atoms with Crippen molar-refractivity contribution in [3.8, 4) is 0 Å². The molecule has 1 fully saturated rings. The minimum absolute atomic E-state index is 0.164. The van der Waals surface area contributed by atoms with Gasteiger partial charge in [0.25, 0.3) is 5.69 Å². The quantitative estimate of drug-likeness (QED) is 0.576. The van der Waals surface area contributed by atoms with Crippen LogP contribution in [0.2, 0.25) is 0 Å². The fourth-order valence-electron chi connectivity index (χ4n) is 1.90. The first-order chi connectivity index (χ1) is 6.79. The van der Waals surface area contributed by atoms with E-state index in [0.717, 1.165) is 24.9 Å². The molecule has 0 amide bonds. The second-order valence-electron chi connectivity index (χ2n) is 3.46. The molecule has 0 aliphatic carbocycles. The summed E-state index contributed by atoms with van der Waals surface area (Å²) in [6.07, 6.45) is 2.08. The van der Waals surface area contributed by atoms with Gasteiger partial charge in [-0.2, -0.15) is 0 Å². The molecule has 1 atom stereocenters. The van der Waals surface area contributed by atoms with Crippen molar-refractivity contribution >= 4 is 5.69 Å². The van der Waals surface area contributed by atoms with E-state index in [1.807, 2.05) is 12.1 Å². The topological polar surface area (TPSA) is 55.2 Å². The van der Waals surface area contributed by atoms with Crippen LogP contribution in [0.3, 0.4) is 0 Å². The zero-order valence-corrected chi connectivity index (χ0v) is 7.77. The Kier molecular flexibility index (Phi) is 2.45. The molecule has 4 nitrogen and oxygen atoms in total. The Morgan fingerprint density at radius 2 is 2.21 bits per heavy atom. The summed E-state index contributed by atoms with van der Waals surface area (Å²) < 4.78 is 0. The zero-order valence-electron chi connectivity index (χ0n) is 7.77. The van der Waals surface area contributed by atoms with Crippen molar-refractivity contribution in [2.45, 2.75) is 18.9 Å². The smallest absolute Gasteiger partial charge is 0.274 e. The first-order valence-electron chi connectivity index (χ1n) is 4.76. The van der Waals surface area contributed by atoms with Crippen LogP contribution >= 0.6 is 0 Å². The summed E-state index contributed by atoms with van der Waals surface area (Å²) in [6.45, 7) is 0.955. The van der Waals surface area contributed by atoms with Gasteiger partial charge < -0.3 is 5.32 Å². The average Bonchev–Trinajstić information content (AvgIpc) is 2.70. The van der Waals surface area contributed by atoms with Crippen molar-refractivity contribution in [1.29, 1.82) is 0 Å². The molecule has 2 rings (SSSR count). The maximum atomic E-state index is 10.8. The van der Waals surface area contributed by atoms with E-state index in [0.29, 0.717) is 0 Å². The number of nitro benzene ring substituents is 1. The number of nitrogens with one attached hydrogen (secondary N) is 1. The van der Waals surface area contributed by atoms with E-state index in [-0.39, 0.29) is 16.7 Å². The van der Waals surface area contributed by atoms with Gasteiger partial charge in [0, 0.05) is 17.7 Å². The maximum absolute atomic E-state index is 10.8. The molecule has 1 heterocycles. The molecule has 1 aromatic rings. The van der Waals surface area contributed by atoms with Gasteiger partial charge in [0.1, 0.15) is 0 Å². The molecule has 74 valence electrons. The van der Waals surface area contributed by atoms with Gasteiger partial charge in [0.15, 0.2) is 0 Å². The molecule has 4 heteroatoms. The molecule has 0 unspecified atom stereocenters. The van der Waals surface area contributed by atoms with Crippen molar-refractivity contribution in [2.24, 2.45) is 0 Å². The number of nitrogens with zero attached hydrogens (tertiary/aromatic N) is 1. The van der Waals surface area contributed by atoms with Crippen molar-refractivity contribution < 1.29 is 4.92 Å². The van der Waals surface area contributed by atoms with Crippen LogP contribution in [-0.2, 0) is 0 Å². The number of benzene rings is 1. The largest absolute Gasteiger partial charge is 0.310 e. The molecule has 1 aliphatic heterocycles. The minimum Gasteiger partial charge on any atom is -0.310 e. The van der Waals surface area contributed by atoms with E-state index in [9.17, 15) is 10.1 Å². The van der Waals surface area contributed by atoms with Gasteiger partial charge in [-0.25, -0.2) is 0 Å². The van der Waals surface area contributed by atoms with E-state index < -0.39 is 0 Å². The fourth-order valence-corrected chi connectivity index (χ4v) is 1.90. The normalized spacial score (nSPS) is 21.0. The summed E-state index contributed by atoms with van der Waals surface area (Å²) >= 11 is 0. The van der Waals surface area contributed by atoms with Crippen LogP contribution in [0.1, 0.15) is 24.4 Å². The summed E-state index contributed by atoms with van der Waals surface area (Å²) in [4.78, 5) is 10.4. The Morgan fingerprint density at radius 3 is 2.86 bits per heavy atom. The number of rotatable bonds is 2. The third kappa shape index (κ3) is 1.61. The Labute approximate surface area is 82.1 Å². The highest BCUT2D eigenvalue weighted by molar-refractivity contribution is 5.42. The van der Waals surface area contributed by atoms with Gasteiger partial charge in [-0.05, 0) is 19.4 Å². The van der Waals surface area contributed by atoms with Crippen LogP contribution < -0.4 is 5.32 Å². The lowest BCUT2D eigenvalue weighted by Gasteiger charge is -2.10. The number of nitro groups is 1. The SMILES string of the molecule is O=[N+]([O-])c1ccccc1[C@H]1CCCN1. The van der Waals surface area contributed by atoms with Gasteiger partial charge in [-0.3, -0.25) is 10.1 Å². The van der Waals surface area contributed by atoms with Gasteiger partial charge in [0.05, 0.1) is 4.92 Å². The lowest BCUT2D eigenvalue weighted by molar-refractivity contribution is -0.385. The molecule has 14 heavy (non-hydrogen) atoms. The summed E-state index contributed by atoms with van der Waals surface area (Å²) in [5.41, 5.74) is 1.04. The number of hydrogen-bond acceptors (Lipinski definition) is 3. The molecule has 0 saturated carbocycles. The Hall–Kier alpha value is -1.42. The standard InChI is InChI=1S/C10H12N2O2/c13-12(14)10-6-2-1-4-8(10)9-5-3-7-11-9/h1-2,4,6,9,11H,3,5,7H2/t9-/m1/s1. The monoisotopic (exact) mass is 192 g/mol. The second-order valence-corrected chi connectivity index (χ2v) is 3.46. The zero-order chi connectivity index (χ0) is 9.97. The molecule has 0 radical (unpaired) electrons. The molecular weight excluding hydrogens is 180 g/mol. The fraction of sp³-hybridized carbons (Fsp3) is 0.400. The molecule has 1 aromatic carbocycles. The first-order valence-corrected chi connectivity index (χ1v) is 4.76. The van der Waals surface area contributed by atoms with Crippen molar-refractivity contribution in [3.63, 3.8) is 0 Å². The Bertz CT molecular complexity index is 346. The third-order valence-electron chi connectivity index (χ3n) is 2.57. The molecule has 1 aliphatic rings. The maximum Gasteiger partial charge on any atom is 0.274 e. The summed E-state index contributed by atoms with van der Waals surface area (Å²) in [5.74, 6) is 0. The lowest BCUT2D eigenvalue weighted by atomic mass is 10.0. The summed E-state index contributed by atoms with van der Waals surface area (Å²) in [7, 11) is 0. The van der Waals surface area contributed by atoms with Gasteiger partial charge in [-0.15, -0.1) is 0 Å². The highest BCUT2D eigenvalue weighted by atomic mass is 16.6. The van der Waals surface area contributed by atoms with Crippen molar-refractivity contribution in [2.75, 3.05) is 6.54 Å². The van der Waals surface area contributed by atoms with Crippen LogP contribution in [0.5, 0.6) is 0 Å². The van der Waals surface area contributed by atoms with E-state index in [1.165, 1.54) is 0 Å². The highest BCUT2D eigenvalue weighted by Crippen LogP contribution is 2.29. The predicted octanol–water partition coefficient (Wildman–Crippen LogP) is 2.02. The molecule has 0 spiro atoms. The van der Waals surface area contributed by atoms with E-state index in [1.54, 1.807) is 12.1 Å². The minimum atomic E-state index is -0.310. The van der Waals surface area contributed by atoms with Gasteiger partial charge in [-0.1, -0.05) is 18.2 Å². The molecule has 1 saturated heterocycles. The first kappa shape index (κ1) is 9.15. The average molecular weight is 192 g/mol. The van der Waals surface area contributed by atoms with Crippen LogP contribution in [0.25, 0.3) is 0 Å². The van der Waals surface area contributed by atoms with Crippen LogP contribution in [0.4, 0.5) is 5.69 Å². The van der Waals surface area contributed by atoms with Crippen molar-refractivity contribution in [3.05, 3.63) is 39.9 Å². The van der Waals surface area contributed by atoms with Crippen LogP contribution in [0, 0.1) is 10.1 Å². The summed E-state index contributed by atoms with van der Waals surface area (Å²) in [5, 5.41) is 14.0. The van der Waals surface area contributed by atoms with E-state index in [4.69, 9.17) is 0 Å².